The monoisotopic (exact) mass is 342 g/mol. The van der Waals surface area contributed by atoms with Crippen LogP contribution in [0.3, 0.4) is 0 Å². The number of esters is 1. The number of anilines is 1. The van der Waals surface area contributed by atoms with E-state index in [1.807, 2.05) is 5.38 Å². The fourth-order valence-corrected chi connectivity index (χ4v) is 5.38. The molecule has 5 nitrogen and oxygen atoms in total. The van der Waals surface area contributed by atoms with E-state index in [2.05, 4.69) is 26.2 Å². The molecule has 1 aromatic rings. The Morgan fingerprint density at radius 1 is 1.53 bits per heavy atom. The average molecular weight is 343 g/mol. The summed E-state index contributed by atoms with van der Waals surface area (Å²) in [6.45, 7) is 0. The zero-order valence-corrected chi connectivity index (χ0v) is 12.2. The number of alkyl halides is 1. The third kappa shape index (κ3) is 1.54. The van der Waals surface area contributed by atoms with Crippen molar-refractivity contribution in [1.29, 1.82) is 0 Å². The Hall–Kier alpha value is -0.950. The lowest BCUT2D eigenvalue weighted by molar-refractivity contribution is -0.145. The summed E-state index contributed by atoms with van der Waals surface area (Å²) in [7, 11) is 0. The molecular weight excluding hydrogens is 332 g/mol. The first-order valence-corrected chi connectivity index (χ1v) is 8.01. The van der Waals surface area contributed by atoms with Gasteiger partial charge in [0.05, 0.1) is 16.7 Å². The fourth-order valence-electron chi connectivity index (χ4n) is 3.80. The molecule has 4 rings (SSSR count). The molecule has 6 atom stereocenters. The first-order chi connectivity index (χ1) is 9.16. The van der Waals surface area contributed by atoms with Crippen LogP contribution < -0.4 is 5.32 Å². The van der Waals surface area contributed by atoms with Gasteiger partial charge in [-0.1, -0.05) is 15.9 Å². The number of hydrogen-bond acceptors (Lipinski definition) is 5. The standard InChI is InChI=1S/C12H11BrN2O3S/c13-8-4-3-5-7(11(17)18-9(5)8)6(4)10(16)15-12-14-1-2-19-12/h1-2,4-9H,3H2,(H,14,15,16)/t4-,5-,6-,7-,8-,9+/m1/s1. The largest absolute Gasteiger partial charge is 0.461 e. The molecule has 1 N–H and O–H groups in total. The lowest BCUT2D eigenvalue weighted by Gasteiger charge is -2.27. The number of thiazole rings is 1. The van der Waals surface area contributed by atoms with Gasteiger partial charge in [0.1, 0.15) is 6.10 Å². The van der Waals surface area contributed by atoms with Gasteiger partial charge in [-0.3, -0.25) is 9.59 Å². The second-order valence-electron chi connectivity index (χ2n) is 5.29. The van der Waals surface area contributed by atoms with Crippen molar-refractivity contribution in [2.24, 2.45) is 23.7 Å². The molecule has 1 saturated heterocycles. The molecule has 0 radical (unpaired) electrons. The Morgan fingerprint density at radius 3 is 3.11 bits per heavy atom. The highest BCUT2D eigenvalue weighted by Gasteiger charge is 2.67. The number of aromatic nitrogens is 1. The van der Waals surface area contributed by atoms with Crippen LogP contribution in [0.2, 0.25) is 0 Å². The molecule has 3 fully saturated rings. The quantitative estimate of drug-likeness (QED) is 0.655. The van der Waals surface area contributed by atoms with E-state index >= 15 is 0 Å². The number of nitrogens with one attached hydrogen (secondary N) is 1. The minimum absolute atomic E-state index is 0.0357. The molecule has 0 spiro atoms. The van der Waals surface area contributed by atoms with Crippen LogP contribution in [0, 0.1) is 23.7 Å². The van der Waals surface area contributed by atoms with Crippen LogP contribution in [0.4, 0.5) is 5.13 Å². The Morgan fingerprint density at radius 2 is 2.37 bits per heavy atom. The predicted molar refractivity (Wildman–Crippen MR) is 71.9 cm³/mol. The summed E-state index contributed by atoms with van der Waals surface area (Å²) in [5.41, 5.74) is 0. The Labute approximate surface area is 121 Å². The lowest BCUT2D eigenvalue weighted by atomic mass is 9.79. The molecule has 19 heavy (non-hydrogen) atoms. The molecule has 2 saturated carbocycles. The zero-order valence-electron chi connectivity index (χ0n) is 9.78. The van der Waals surface area contributed by atoms with E-state index in [1.165, 1.54) is 11.3 Å². The highest BCUT2D eigenvalue weighted by Crippen LogP contribution is 2.60. The summed E-state index contributed by atoms with van der Waals surface area (Å²) in [4.78, 5) is 28.5. The van der Waals surface area contributed by atoms with Crippen molar-refractivity contribution >= 4 is 44.3 Å². The highest BCUT2D eigenvalue weighted by molar-refractivity contribution is 9.09. The van der Waals surface area contributed by atoms with E-state index in [-0.39, 0.29) is 46.5 Å². The summed E-state index contributed by atoms with van der Waals surface area (Å²) in [6, 6.07) is 0. The molecule has 0 unspecified atom stereocenters. The molecule has 100 valence electrons. The molecule has 1 aromatic heterocycles. The second-order valence-corrected chi connectivity index (χ2v) is 7.24. The van der Waals surface area contributed by atoms with Gasteiger partial charge in [-0.2, -0.15) is 0 Å². The summed E-state index contributed by atoms with van der Waals surface area (Å²) in [5, 5.41) is 5.21. The van der Waals surface area contributed by atoms with Crippen LogP contribution in [0.15, 0.2) is 11.6 Å². The molecule has 2 bridgehead atoms. The van der Waals surface area contributed by atoms with Gasteiger partial charge in [0.15, 0.2) is 5.13 Å². The second kappa shape index (κ2) is 4.02. The topological polar surface area (TPSA) is 68.3 Å². The highest BCUT2D eigenvalue weighted by atomic mass is 79.9. The van der Waals surface area contributed by atoms with Crippen molar-refractivity contribution in [2.45, 2.75) is 17.4 Å². The zero-order chi connectivity index (χ0) is 13.1. The van der Waals surface area contributed by atoms with Gasteiger partial charge in [0, 0.05) is 17.5 Å². The van der Waals surface area contributed by atoms with Gasteiger partial charge in [-0.05, 0) is 12.3 Å². The lowest BCUT2D eigenvalue weighted by Crippen LogP contribution is -2.40. The summed E-state index contributed by atoms with van der Waals surface area (Å²) in [5.74, 6) is -0.471. The predicted octanol–water partition coefficient (Wildman–Crippen LogP) is 1.65. The van der Waals surface area contributed by atoms with E-state index < -0.39 is 0 Å². The summed E-state index contributed by atoms with van der Waals surface area (Å²) < 4.78 is 5.39. The van der Waals surface area contributed by atoms with Gasteiger partial charge < -0.3 is 10.1 Å². The maximum atomic E-state index is 12.4. The first kappa shape index (κ1) is 11.8. The minimum Gasteiger partial charge on any atom is -0.461 e. The van der Waals surface area contributed by atoms with E-state index in [9.17, 15) is 9.59 Å². The molecule has 3 aliphatic rings. The third-order valence-corrected chi connectivity index (χ3v) is 6.38. The number of carbonyl (C=O) groups excluding carboxylic acids is 2. The van der Waals surface area contributed by atoms with E-state index in [4.69, 9.17) is 4.74 Å². The van der Waals surface area contributed by atoms with Crippen LogP contribution in [-0.2, 0) is 14.3 Å². The number of amides is 1. The van der Waals surface area contributed by atoms with E-state index in [0.717, 1.165) is 6.42 Å². The maximum absolute atomic E-state index is 12.4. The smallest absolute Gasteiger partial charge is 0.310 e. The number of nitrogens with zero attached hydrogens (tertiary/aromatic N) is 1. The molecule has 0 aromatic carbocycles. The molecular formula is C12H11BrN2O3S. The third-order valence-electron chi connectivity index (χ3n) is 4.49. The number of ether oxygens (including phenoxy) is 1. The van der Waals surface area contributed by atoms with Crippen LogP contribution in [0.25, 0.3) is 0 Å². The van der Waals surface area contributed by atoms with Crippen molar-refractivity contribution in [1.82, 2.24) is 4.98 Å². The van der Waals surface area contributed by atoms with Crippen LogP contribution in [0.1, 0.15) is 6.42 Å². The first-order valence-electron chi connectivity index (χ1n) is 6.22. The molecule has 1 aliphatic heterocycles. The van der Waals surface area contributed by atoms with Gasteiger partial charge in [0.25, 0.3) is 0 Å². The normalized spacial score (nSPS) is 42.5. The average Bonchev–Trinajstić information content (AvgIpc) is 3.07. The van der Waals surface area contributed by atoms with E-state index in [1.54, 1.807) is 6.20 Å². The van der Waals surface area contributed by atoms with Gasteiger partial charge in [0.2, 0.25) is 5.91 Å². The van der Waals surface area contributed by atoms with Gasteiger partial charge >= 0.3 is 5.97 Å². The number of rotatable bonds is 2. The van der Waals surface area contributed by atoms with Crippen molar-refractivity contribution in [3.05, 3.63) is 11.6 Å². The van der Waals surface area contributed by atoms with Gasteiger partial charge in [-0.25, -0.2) is 4.98 Å². The van der Waals surface area contributed by atoms with E-state index in [0.29, 0.717) is 5.13 Å². The fraction of sp³-hybridized carbons (Fsp3) is 0.583. The van der Waals surface area contributed by atoms with Crippen LogP contribution in [0.5, 0.6) is 0 Å². The number of hydrogen-bond donors (Lipinski definition) is 1. The number of carbonyl (C=O) groups is 2. The van der Waals surface area contributed by atoms with Crippen molar-refractivity contribution in [3.8, 4) is 0 Å². The van der Waals surface area contributed by atoms with Gasteiger partial charge in [-0.15, -0.1) is 11.3 Å². The molecule has 2 heterocycles. The summed E-state index contributed by atoms with van der Waals surface area (Å²) >= 11 is 4.97. The Balaban J connectivity index is 1.61. The molecule has 1 amide bonds. The van der Waals surface area contributed by atoms with Crippen molar-refractivity contribution in [2.75, 3.05) is 5.32 Å². The van der Waals surface area contributed by atoms with Crippen molar-refractivity contribution < 1.29 is 14.3 Å². The number of fused-ring (bicyclic) bond motifs is 1. The number of halogens is 1. The Bertz CT molecular complexity index is 549. The minimum atomic E-state index is -0.287. The Kier molecular flexibility index (Phi) is 2.51. The molecule has 7 heteroatoms. The molecule has 2 aliphatic carbocycles. The van der Waals surface area contributed by atoms with Crippen molar-refractivity contribution in [3.63, 3.8) is 0 Å². The van der Waals surface area contributed by atoms with Crippen LogP contribution in [-0.4, -0.2) is 27.8 Å². The maximum Gasteiger partial charge on any atom is 0.310 e. The SMILES string of the molecule is O=C(Nc1nccs1)[C@@H]1[C@H]2C[C@H]3[C@H](OC(=O)[C@H]31)[C@@H]2Br. The van der Waals surface area contributed by atoms with Crippen LogP contribution >= 0.6 is 27.3 Å². The summed E-state index contributed by atoms with van der Waals surface area (Å²) in [6.07, 6.45) is 2.51.